The normalized spacial score (nSPS) is 28.3. The highest BCUT2D eigenvalue weighted by Crippen LogP contribution is 2.43. The van der Waals surface area contributed by atoms with Gasteiger partial charge in [-0.05, 0) is 86.2 Å². The average molecular weight is 604 g/mol. The number of aryl methyl sites for hydroxylation is 1. The van der Waals surface area contributed by atoms with E-state index < -0.39 is 23.3 Å². The van der Waals surface area contributed by atoms with Crippen molar-refractivity contribution in [1.82, 2.24) is 20.2 Å². The molecule has 7 nitrogen and oxygen atoms in total. The molecule has 44 heavy (non-hydrogen) atoms. The van der Waals surface area contributed by atoms with Crippen LogP contribution in [-0.4, -0.2) is 76.1 Å². The van der Waals surface area contributed by atoms with E-state index in [0.29, 0.717) is 42.6 Å². The summed E-state index contributed by atoms with van der Waals surface area (Å²) >= 11 is 0. The van der Waals surface area contributed by atoms with Crippen LogP contribution in [0, 0.1) is 18.6 Å². The number of halogens is 3. The highest BCUT2D eigenvalue weighted by molar-refractivity contribution is 6.03. The van der Waals surface area contributed by atoms with Gasteiger partial charge in [-0.25, -0.2) is 13.2 Å². The number of phenolic OH excluding ortho intramolecular Hbond substituents is 1. The van der Waals surface area contributed by atoms with E-state index in [1.807, 2.05) is 25.1 Å². The Hall–Kier alpha value is -3.63. The molecule has 4 aliphatic rings. The van der Waals surface area contributed by atoms with Crippen LogP contribution in [0.4, 0.5) is 19.0 Å². The molecule has 10 heteroatoms. The van der Waals surface area contributed by atoms with Crippen molar-refractivity contribution in [2.45, 2.75) is 69.2 Å². The van der Waals surface area contributed by atoms with E-state index in [1.54, 1.807) is 6.07 Å². The Morgan fingerprint density at radius 2 is 2.00 bits per heavy atom. The molecular formula is C34H36F3N5O2. The summed E-state index contributed by atoms with van der Waals surface area (Å²) in [5.74, 6) is -1.25. The van der Waals surface area contributed by atoms with Crippen molar-refractivity contribution in [3.63, 3.8) is 0 Å². The number of ether oxygens (including phenoxy) is 1. The molecule has 4 aliphatic heterocycles. The average Bonchev–Trinajstić information content (AvgIpc) is 3.59. The first kappa shape index (κ1) is 27.9. The first-order valence-electron chi connectivity index (χ1n) is 15.6. The maximum atomic E-state index is 16.8. The summed E-state index contributed by atoms with van der Waals surface area (Å²) in [6, 6.07) is 10.1. The largest absolute Gasteiger partial charge is 0.508 e. The summed E-state index contributed by atoms with van der Waals surface area (Å²) in [6.45, 7) is 6.72. The van der Waals surface area contributed by atoms with E-state index in [9.17, 15) is 9.50 Å². The van der Waals surface area contributed by atoms with Gasteiger partial charge in [-0.3, -0.25) is 4.90 Å². The van der Waals surface area contributed by atoms with Gasteiger partial charge in [-0.2, -0.15) is 9.97 Å². The zero-order valence-corrected chi connectivity index (χ0v) is 25.0. The van der Waals surface area contributed by atoms with Crippen LogP contribution >= 0.6 is 0 Å². The predicted molar refractivity (Wildman–Crippen MR) is 164 cm³/mol. The number of benzene rings is 3. The lowest BCUT2D eigenvalue weighted by Crippen LogP contribution is -2.58. The fourth-order valence-electron chi connectivity index (χ4n) is 8.46. The van der Waals surface area contributed by atoms with Crippen molar-refractivity contribution < 1.29 is 23.0 Å². The Labute approximate surface area is 254 Å². The Bertz CT molecular complexity index is 1820. The number of piperazine rings is 1. The molecule has 2 N–H and O–H groups in total. The van der Waals surface area contributed by atoms with E-state index in [2.05, 4.69) is 27.0 Å². The summed E-state index contributed by atoms with van der Waals surface area (Å²) in [6.07, 6.45) is 3.28. The third kappa shape index (κ3) is 4.40. The maximum absolute atomic E-state index is 16.8. The summed E-state index contributed by atoms with van der Waals surface area (Å²) in [5.41, 5.74) is 0.219. The van der Waals surface area contributed by atoms with Gasteiger partial charge in [0.05, 0.1) is 11.1 Å². The van der Waals surface area contributed by atoms with E-state index in [1.165, 1.54) is 12.1 Å². The summed E-state index contributed by atoms with van der Waals surface area (Å²) in [7, 11) is 0. The van der Waals surface area contributed by atoms with Crippen LogP contribution in [0.1, 0.15) is 44.6 Å². The monoisotopic (exact) mass is 603 g/mol. The summed E-state index contributed by atoms with van der Waals surface area (Å²) in [5, 5.41) is 15.8. The molecule has 0 saturated carbocycles. The minimum atomic E-state index is -0.910. The molecule has 230 valence electrons. The lowest BCUT2D eigenvalue weighted by Gasteiger charge is -2.40. The molecule has 4 atom stereocenters. The van der Waals surface area contributed by atoms with E-state index >= 15 is 8.78 Å². The number of rotatable bonds is 5. The third-order valence-electron chi connectivity index (χ3n) is 10.4. The Kier molecular flexibility index (Phi) is 6.30. The van der Waals surface area contributed by atoms with Crippen molar-refractivity contribution in [3.8, 4) is 22.9 Å². The Morgan fingerprint density at radius 1 is 1.14 bits per heavy atom. The number of hydrogen-bond acceptors (Lipinski definition) is 7. The number of phenols is 1. The van der Waals surface area contributed by atoms with Gasteiger partial charge in [0.2, 0.25) is 0 Å². The van der Waals surface area contributed by atoms with Gasteiger partial charge in [0, 0.05) is 43.0 Å². The molecule has 5 heterocycles. The highest BCUT2D eigenvalue weighted by atomic mass is 19.1. The first-order chi connectivity index (χ1) is 21.1. The summed E-state index contributed by atoms with van der Waals surface area (Å²) in [4.78, 5) is 13.6. The number of nitrogens with one attached hydrogen (secondary N) is 1. The van der Waals surface area contributed by atoms with Gasteiger partial charge < -0.3 is 20.1 Å². The quantitative estimate of drug-likeness (QED) is 0.289. The molecule has 0 radical (unpaired) electrons. The van der Waals surface area contributed by atoms with Crippen LogP contribution in [0.25, 0.3) is 32.8 Å². The summed E-state index contributed by atoms with van der Waals surface area (Å²) < 4.78 is 53.7. The van der Waals surface area contributed by atoms with Crippen LogP contribution < -0.4 is 15.0 Å². The van der Waals surface area contributed by atoms with Gasteiger partial charge >= 0.3 is 6.01 Å². The second-order valence-electron chi connectivity index (χ2n) is 13.6. The minimum Gasteiger partial charge on any atom is -0.508 e. The molecule has 0 amide bonds. The van der Waals surface area contributed by atoms with Gasteiger partial charge in [0.1, 0.15) is 35.7 Å². The fourth-order valence-corrected chi connectivity index (χ4v) is 8.46. The van der Waals surface area contributed by atoms with Crippen molar-refractivity contribution in [1.29, 1.82) is 0 Å². The molecule has 2 bridgehead atoms. The minimum absolute atomic E-state index is 0.000437. The van der Waals surface area contributed by atoms with Gasteiger partial charge in [-0.15, -0.1) is 0 Å². The number of nitrogens with zero attached hydrogens (tertiary/aromatic N) is 4. The molecule has 0 spiro atoms. The fraction of sp³-hybridized carbons (Fsp3) is 0.471. The standard InChI is InChI=1S/C34H36F3N5O2/c1-19-5-3-6-20-11-23(43)12-24(27(19)20)28-26(36)13-25-30(29(28)37)38-32(44-18-34-8-4-10-42(34)15-21(35)14-34)39-31(25)41-16-22-7-9-33(2,17-41)40-22/h3,5-6,11-13,21-22,40,43H,4,7-10,14-18H2,1-2H3/t21-,22?,33+,34+/m1/s1. The number of anilines is 1. The number of hydrogen-bond donors (Lipinski definition) is 2. The van der Waals surface area contributed by atoms with E-state index in [-0.39, 0.29) is 52.0 Å². The van der Waals surface area contributed by atoms with Crippen LogP contribution in [0.3, 0.4) is 0 Å². The van der Waals surface area contributed by atoms with Crippen molar-refractivity contribution >= 4 is 27.5 Å². The molecule has 8 rings (SSSR count). The van der Waals surface area contributed by atoms with Crippen LogP contribution in [0.15, 0.2) is 36.4 Å². The number of aromatic nitrogens is 2. The smallest absolute Gasteiger partial charge is 0.319 e. The van der Waals surface area contributed by atoms with Gasteiger partial charge in [0.25, 0.3) is 0 Å². The predicted octanol–water partition coefficient (Wildman–Crippen LogP) is 6.03. The lowest BCUT2D eigenvalue weighted by atomic mass is 9.93. The Balaban J connectivity index is 1.29. The van der Waals surface area contributed by atoms with Gasteiger partial charge in [0.15, 0.2) is 5.82 Å². The molecule has 0 aliphatic carbocycles. The SMILES string of the molecule is Cc1cccc2cc(O)cc(-c3c(F)cc4c(N5CC6CC[C@@](C)(C5)N6)nc(OC[C@@]56CCCN5C[C@H](F)C6)nc4c3F)c12. The first-order valence-corrected chi connectivity index (χ1v) is 15.6. The number of fused-ring (bicyclic) bond motifs is 5. The second-order valence-corrected chi connectivity index (χ2v) is 13.6. The molecule has 1 unspecified atom stereocenters. The molecule has 4 saturated heterocycles. The maximum Gasteiger partial charge on any atom is 0.319 e. The second kappa shape index (κ2) is 9.94. The third-order valence-corrected chi connectivity index (χ3v) is 10.4. The topological polar surface area (TPSA) is 73.8 Å². The van der Waals surface area contributed by atoms with E-state index in [0.717, 1.165) is 37.8 Å². The Morgan fingerprint density at radius 3 is 2.84 bits per heavy atom. The van der Waals surface area contributed by atoms with Crippen LogP contribution in [-0.2, 0) is 0 Å². The highest BCUT2D eigenvalue weighted by Gasteiger charge is 2.49. The van der Waals surface area contributed by atoms with Crippen molar-refractivity contribution in [2.24, 2.45) is 0 Å². The van der Waals surface area contributed by atoms with Crippen LogP contribution in [0.2, 0.25) is 0 Å². The molecular weight excluding hydrogens is 567 g/mol. The molecule has 4 fully saturated rings. The van der Waals surface area contributed by atoms with Crippen LogP contribution in [0.5, 0.6) is 11.8 Å². The van der Waals surface area contributed by atoms with Crippen molar-refractivity contribution in [2.75, 3.05) is 37.7 Å². The number of aromatic hydroxyl groups is 1. The zero-order valence-electron chi connectivity index (χ0n) is 25.0. The molecule has 4 aromatic rings. The van der Waals surface area contributed by atoms with Gasteiger partial charge in [-0.1, -0.05) is 18.2 Å². The lowest BCUT2D eigenvalue weighted by molar-refractivity contribution is 0.107. The zero-order chi connectivity index (χ0) is 30.4. The molecule has 3 aromatic carbocycles. The number of alkyl halides is 1. The molecule has 1 aromatic heterocycles. The van der Waals surface area contributed by atoms with Crippen molar-refractivity contribution in [3.05, 3.63) is 53.6 Å². The van der Waals surface area contributed by atoms with E-state index in [4.69, 9.17) is 9.72 Å².